The van der Waals surface area contributed by atoms with Gasteiger partial charge in [-0.1, -0.05) is 12.2 Å². The highest BCUT2D eigenvalue weighted by Gasteiger charge is 1.88. The second-order valence-electron chi connectivity index (χ2n) is 1.77. The molecule has 0 bridgehead atoms. The van der Waals surface area contributed by atoms with E-state index in [0.29, 0.717) is 0 Å². The minimum absolute atomic E-state index is 1.05. The van der Waals surface area contributed by atoms with Crippen LogP contribution in [0.15, 0.2) is 12.2 Å². The van der Waals surface area contributed by atoms with Gasteiger partial charge in [0.05, 0.1) is 0 Å². The topological polar surface area (TPSA) is 12.0 Å². The van der Waals surface area contributed by atoms with E-state index in [1.165, 1.54) is 12.2 Å². The molecule has 1 rings (SSSR count). The molecule has 0 spiro atoms. The van der Waals surface area contributed by atoms with Crippen molar-refractivity contribution in [1.29, 1.82) is 0 Å². The van der Waals surface area contributed by atoms with E-state index < -0.39 is 0 Å². The van der Waals surface area contributed by atoms with Crippen LogP contribution < -0.4 is 5.32 Å². The van der Waals surface area contributed by atoms with Gasteiger partial charge < -0.3 is 5.32 Å². The zero-order valence-electron chi connectivity index (χ0n) is 4.89. The fraction of sp³-hybridized carbons (Fsp3) is 0.667. The Bertz CT molecular complexity index is 70.6. The lowest BCUT2D eigenvalue weighted by molar-refractivity contribution is 0.881. The molecule has 0 unspecified atom stereocenters. The van der Waals surface area contributed by atoms with E-state index in [1.54, 1.807) is 0 Å². The Balaban J connectivity index is 2.17. The van der Waals surface area contributed by atoms with Gasteiger partial charge in [-0.3, -0.25) is 0 Å². The van der Waals surface area contributed by atoms with Crippen LogP contribution in [0.2, 0.25) is 0 Å². The fourth-order valence-corrected chi connectivity index (χ4v) is 1.35. The molecule has 0 atom stereocenters. The third-order valence-electron chi connectivity index (χ3n) is 1.06. The van der Waals surface area contributed by atoms with Gasteiger partial charge in [0.15, 0.2) is 0 Å². The zero-order chi connectivity index (χ0) is 5.66. The fourth-order valence-electron chi connectivity index (χ4n) is 0.639. The van der Waals surface area contributed by atoms with Crippen molar-refractivity contribution in [3.05, 3.63) is 12.2 Å². The first-order chi connectivity index (χ1) is 4.00. The first kappa shape index (κ1) is 6.17. The second-order valence-corrected chi connectivity index (χ2v) is 2.87. The summed E-state index contributed by atoms with van der Waals surface area (Å²) in [7, 11) is 0. The van der Waals surface area contributed by atoms with Gasteiger partial charge in [-0.25, -0.2) is 0 Å². The van der Waals surface area contributed by atoms with E-state index in [4.69, 9.17) is 0 Å². The smallest absolute Gasteiger partial charge is 0.0420 e. The Morgan fingerprint density at radius 2 is 2.38 bits per heavy atom. The predicted molar refractivity (Wildman–Crippen MR) is 39.1 cm³/mol. The van der Waals surface area contributed by atoms with E-state index in [-0.39, 0.29) is 0 Å². The Labute approximate surface area is 54.5 Å². The average Bonchev–Trinajstić information content (AvgIpc) is 1.62. The second kappa shape index (κ2) is 3.98. The van der Waals surface area contributed by atoms with Gasteiger partial charge in [-0.05, 0) is 12.2 Å². The van der Waals surface area contributed by atoms with E-state index in [1.807, 2.05) is 11.8 Å². The van der Waals surface area contributed by atoms with Gasteiger partial charge in [-0.15, -0.1) is 11.8 Å². The molecular weight excluding hydrogens is 118 g/mol. The van der Waals surface area contributed by atoms with Crippen molar-refractivity contribution in [3.63, 3.8) is 0 Å². The van der Waals surface area contributed by atoms with Crippen molar-refractivity contribution in [1.82, 2.24) is 5.32 Å². The number of rotatable bonds is 0. The van der Waals surface area contributed by atoms with E-state index >= 15 is 0 Å². The van der Waals surface area contributed by atoms with Crippen molar-refractivity contribution in [2.24, 2.45) is 0 Å². The molecule has 0 radical (unpaired) electrons. The molecule has 1 heterocycles. The van der Waals surface area contributed by atoms with Crippen LogP contribution in [0.3, 0.4) is 0 Å². The summed E-state index contributed by atoms with van der Waals surface area (Å²) in [5.74, 6) is 2.38. The van der Waals surface area contributed by atoms with Gasteiger partial charge in [0.1, 0.15) is 0 Å². The van der Waals surface area contributed by atoms with Crippen LogP contribution in [0.1, 0.15) is 6.42 Å². The van der Waals surface area contributed by atoms with Gasteiger partial charge in [0.2, 0.25) is 0 Å². The van der Waals surface area contributed by atoms with Crippen LogP contribution in [-0.4, -0.2) is 18.2 Å². The zero-order valence-corrected chi connectivity index (χ0v) is 5.71. The van der Waals surface area contributed by atoms with Gasteiger partial charge in [0, 0.05) is 12.4 Å². The van der Waals surface area contributed by atoms with Gasteiger partial charge >= 0.3 is 0 Å². The highest BCUT2D eigenvalue weighted by atomic mass is 32.2. The number of hydrogen-bond donors (Lipinski definition) is 1. The van der Waals surface area contributed by atoms with Gasteiger partial charge in [-0.2, -0.15) is 0 Å². The SMILES string of the molecule is C1=CCNCSCC1. The van der Waals surface area contributed by atoms with Crippen molar-refractivity contribution in [3.8, 4) is 0 Å². The summed E-state index contributed by atoms with van der Waals surface area (Å²) in [4.78, 5) is 0. The monoisotopic (exact) mass is 129 g/mol. The molecule has 0 aromatic rings. The summed E-state index contributed by atoms with van der Waals surface area (Å²) in [6.45, 7) is 1.05. The Morgan fingerprint density at radius 3 is 3.38 bits per heavy atom. The molecule has 1 aliphatic rings. The summed E-state index contributed by atoms with van der Waals surface area (Å²) in [6, 6.07) is 0. The van der Waals surface area contributed by atoms with Crippen molar-refractivity contribution >= 4 is 11.8 Å². The minimum atomic E-state index is 1.05. The van der Waals surface area contributed by atoms with E-state index in [2.05, 4.69) is 17.5 Å². The van der Waals surface area contributed by atoms with Crippen LogP contribution >= 0.6 is 11.8 Å². The average molecular weight is 129 g/mol. The molecule has 2 heteroatoms. The molecule has 1 nitrogen and oxygen atoms in total. The summed E-state index contributed by atoms with van der Waals surface area (Å²) in [6.07, 6.45) is 5.67. The largest absolute Gasteiger partial charge is 0.304 e. The Hall–Kier alpha value is 0.0500. The number of allylic oxidation sites excluding steroid dienone is 1. The quantitative estimate of drug-likeness (QED) is 0.494. The highest BCUT2D eigenvalue weighted by Crippen LogP contribution is 2.01. The van der Waals surface area contributed by atoms with Crippen molar-refractivity contribution in [2.75, 3.05) is 18.2 Å². The molecular formula is C6H11NS. The van der Waals surface area contributed by atoms with E-state index in [9.17, 15) is 0 Å². The van der Waals surface area contributed by atoms with Crippen LogP contribution in [0.4, 0.5) is 0 Å². The molecule has 0 aliphatic carbocycles. The molecule has 0 aromatic heterocycles. The number of hydrogen-bond acceptors (Lipinski definition) is 2. The maximum absolute atomic E-state index is 3.26. The van der Waals surface area contributed by atoms with Crippen LogP contribution in [-0.2, 0) is 0 Å². The lowest BCUT2D eigenvalue weighted by Crippen LogP contribution is -2.13. The summed E-state index contributed by atoms with van der Waals surface area (Å²) in [5, 5.41) is 3.26. The summed E-state index contributed by atoms with van der Waals surface area (Å²) >= 11 is 1.97. The Kier molecular flexibility index (Phi) is 3.07. The van der Waals surface area contributed by atoms with E-state index in [0.717, 1.165) is 12.4 Å². The minimum Gasteiger partial charge on any atom is -0.304 e. The molecule has 1 aliphatic heterocycles. The summed E-state index contributed by atoms with van der Waals surface area (Å²) in [5.41, 5.74) is 0. The molecule has 0 saturated carbocycles. The molecule has 0 aromatic carbocycles. The number of nitrogens with one attached hydrogen (secondary N) is 1. The van der Waals surface area contributed by atoms with Crippen LogP contribution in [0.25, 0.3) is 0 Å². The van der Waals surface area contributed by atoms with Gasteiger partial charge in [0.25, 0.3) is 0 Å². The molecule has 8 heavy (non-hydrogen) atoms. The third kappa shape index (κ3) is 2.38. The third-order valence-corrected chi connectivity index (χ3v) is 1.99. The van der Waals surface area contributed by atoms with Crippen LogP contribution in [0.5, 0.6) is 0 Å². The first-order valence-electron chi connectivity index (χ1n) is 2.93. The molecule has 0 saturated heterocycles. The maximum atomic E-state index is 3.26. The Morgan fingerprint density at radius 1 is 1.38 bits per heavy atom. The molecule has 0 fully saturated rings. The molecule has 0 amide bonds. The normalized spacial score (nSPS) is 22.0. The lowest BCUT2D eigenvalue weighted by Gasteiger charge is -2.02. The highest BCUT2D eigenvalue weighted by molar-refractivity contribution is 7.99. The molecule has 46 valence electrons. The lowest BCUT2D eigenvalue weighted by atomic mass is 10.4. The van der Waals surface area contributed by atoms with Crippen molar-refractivity contribution in [2.45, 2.75) is 6.42 Å². The van der Waals surface area contributed by atoms with Crippen molar-refractivity contribution < 1.29 is 0 Å². The molecule has 1 N–H and O–H groups in total. The predicted octanol–water partition coefficient (Wildman–Crippen LogP) is 1.23. The summed E-state index contributed by atoms with van der Waals surface area (Å²) < 4.78 is 0. The standard InChI is InChI=1S/C6H11NS/c1-2-4-7-6-8-5-3-1/h1-2,7H,3-6H2. The van der Waals surface area contributed by atoms with Crippen LogP contribution in [0, 0.1) is 0 Å². The first-order valence-corrected chi connectivity index (χ1v) is 4.09. The maximum Gasteiger partial charge on any atom is 0.0420 e. The number of thioether (sulfide) groups is 1.